The molecule has 1 aliphatic rings. The maximum Gasteiger partial charge on any atom is 0.0135 e. The zero-order valence-electron chi connectivity index (χ0n) is 12.4. The zero-order chi connectivity index (χ0) is 13.7. The molecule has 0 heterocycles. The fourth-order valence-electron chi connectivity index (χ4n) is 3.34. The van der Waals surface area contributed by atoms with Crippen molar-refractivity contribution >= 4 is 0 Å². The van der Waals surface area contributed by atoms with E-state index in [2.05, 4.69) is 49.2 Å². The van der Waals surface area contributed by atoms with Crippen molar-refractivity contribution in [3.8, 4) is 0 Å². The van der Waals surface area contributed by atoms with Crippen molar-refractivity contribution in [2.24, 2.45) is 17.6 Å². The van der Waals surface area contributed by atoms with E-state index in [0.29, 0.717) is 12.0 Å². The lowest BCUT2D eigenvalue weighted by Gasteiger charge is -2.40. The number of likely N-dealkylation sites (N-methyl/N-ethyl adjacent to an activating group) is 1. The normalized spacial score (nSPS) is 27.7. The summed E-state index contributed by atoms with van der Waals surface area (Å²) >= 11 is 0. The summed E-state index contributed by atoms with van der Waals surface area (Å²) in [7, 11) is 2.27. The second-order valence-electron chi connectivity index (χ2n) is 6.20. The Balaban J connectivity index is 1.88. The van der Waals surface area contributed by atoms with E-state index in [4.69, 9.17) is 5.73 Å². The van der Waals surface area contributed by atoms with Crippen LogP contribution in [0.1, 0.15) is 31.7 Å². The minimum Gasteiger partial charge on any atom is -0.330 e. The number of benzene rings is 1. The van der Waals surface area contributed by atoms with Crippen molar-refractivity contribution < 1.29 is 0 Å². The van der Waals surface area contributed by atoms with Gasteiger partial charge in [0.05, 0.1) is 0 Å². The monoisotopic (exact) mass is 260 g/mol. The van der Waals surface area contributed by atoms with E-state index < -0.39 is 0 Å². The Morgan fingerprint density at radius 1 is 1.21 bits per heavy atom. The summed E-state index contributed by atoms with van der Waals surface area (Å²) in [6, 6.07) is 11.5. The summed E-state index contributed by atoms with van der Waals surface area (Å²) in [5, 5.41) is 0. The molecule has 0 saturated heterocycles. The van der Waals surface area contributed by atoms with Crippen LogP contribution in [0.4, 0.5) is 0 Å². The molecule has 1 aromatic carbocycles. The molecule has 0 radical (unpaired) electrons. The van der Waals surface area contributed by atoms with Crippen LogP contribution < -0.4 is 5.73 Å². The van der Waals surface area contributed by atoms with Gasteiger partial charge in [0.15, 0.2) is 0 Å². The predicted octanol–water partition coefficient (Wildman–Crippen LogP) is 2.92. The van der Waals surface area contributed by atoms with Crippen molar-refractivity contribution in [3.63, 3.8) is 0 Å². The highest BCUT2D eigenvalue weighted by molar-refractivity contribution is 5.14. The summed E-state index contributed by atoms with van der Waals surface area (Å²) in [6.07, 6.45) is 5.11. The molecule has 0 aromatic heterocycles. The molecule has 2 rings (SSSR count). The molecular formula is C17H28N2. The molecule has 3 unspecified atom stereocenters. The molecule has 1 aromatic rings. The molecule has 0 aliphatic heterocycles. The van der Waals surface area contributed by atoms with E-state index in [-0.39, 0.29) is 0 Å². The molecule has 2 nitrogen and oxygen atoms in total. The second-order valence-corrected chi connectivity index (χ2v) is 6.20. The van der Waals surface area contributed by atoms with Crippen LogP contribution in [-0.4, -0.2) is 31.1 Å². The van der Waals surface area contributed by atoms with Crippen LogP contribution in [0.25, 0.3) is 0 Å². The minimum absolute atomic E-state index is 0.678. The Morgan fingerprint density at radius 3 is 2.63 bits per heavy atom. The van der Waals surface area contributed by atoms with E-state index >= 15 is 0 Å². The van der Waals surface area contributed by atoms with Gasteiger partial charge in [-0.1, -0.05) is 43.7 Å². The Labute approximate surface area is 118 Å². The van der Waals surface area contributed by atoms with E-state index in [1.807, 2.05) is 0 Å². The molecule has 1 aliphatic carbocycles. The number of hydrogen-bond acceptors (Lipinski definition) is 2. The molecule has 0 bridgehead atoms. The number of nitrogens with zero attached hydrogens (tertiary/aromatic N) is 1. The lowest BCUT2D eigenvalue weighted by molar-refractivity contribution is 0.109. The van der Waals surface area contributed by atoms with E-state index in [1.54, 1.807) is 0 Å². The van der Waals surface area contributed by atoms with Crippen molar-refractivity contribution in [2.45, 2.75) is 38.6 Å². The average Bonchev–Trinajstić information content (AvgIpc) is 2.46. The fourth-order valence-corrected chi connectivity index (χ4v) is 3.34. The van der Waals surface area contributed by atoms with Crippen molar-refractivity contribution in [1.29, 1.82) is 0 Å². The smallest absolute Gasteiger partial charge is 0.0135 e. The van der Waals surface area contributed by atoms with Crippen LogP contribution in [0.5, 0.6) is 0 Å². The van der Waals surface area contributed by atoms with E-state index in [9.17, 15) is 0 Å². The third kappa shape index (κ3) is 4.05. The summed E-state index contributed by atoms with van der Waals surface area (Å²) < 4.78 is 0. The third-order valence-electron chi connectivity index (χ3n) is 4.68. The number of nitrogens with two attached hydrogens (primary N) is 1. The van der Waals surface area contributed by atoms with Crippen LogP contribution in [-0.2, 0) is 6.42 Å². The first-order chi connectivity index (χ1) is 9.20. The Hall–Kier alpha value is -0.860. The second kappa shape index (κ2) is 7.06. The van der Waals surface area contributed by atoms with E-state index in [1.165, 1.54) is 24.8 Å². The van der Waals surface area contributed by atoms with Gasteiger partial charge in [-0.3, -0.25) is 0 Å². The van der Waals surface area contributed by atoms with Gasteiger partial charge in [-0.25, -0.2) is 0 Å². The largest absolute Gasteiger partial charge is 0.330 e. The lowest BCUT2D eigenvalue weighted by atomic mass is 9.78. The third-order valence-corrected chi connectivity index (χ3v) is 4.68. The topological polar surface area (TPSA) is 29.3 Å². The number of hydrogen-bond donors (Lipinski definition) is 1. The molecule has 2 N–H and O–H groups in total. The summed E-state index contributed by atoms with van der Waals surface area (Å²) in [5.74, 6) is 1.55. The van der Waals surface area contributed by atoms with Crippen molar-refractivity contribution in [2.75, 3.05) is 20.1 Å². The first kappa shape index (κ1) is 14.5. The van der Waals surface area contributed by atoms with Crippen molar-refractivity contribution in [1.82, 2.24) is 4.90 Å². The minimum atomic E-state index is 0.678. The molecule has 0 spiro atoms. The molecule has 0 amide bonds. The van der Waals surface area contributed by atoms with Crippen molar-refractivity contribution in [3.05, 3.63) is 35.9 Å². The van der Waals surface area contributed by atoms with Crippen LogP contribution in [0.15, 0.2) is 30.3 Å². The van der Waals surface area contributed by atoms with Gasteiger partial charge in [0, 0.05) is 12.6 Å². The molecule has 106 valence electrons. The van der Waals surface area contributed by atoms with Gasteiger partial charge in [-0.2, -0.15) is 0 Å². The Kier molecular flexibility index (Phi) is 5.41. The fraction of sp³-hybridized carbons (Fsp3) is 0.647. The van der Waals surface area contributed by atoms with Gasteiger partial charge >= 0.3 is 0 Å². The van der Waals surface area contributed by atoms with E-state index in [0.717, 1.165) is 25.4 Å². The average molecular weight is 260 g/mol. The molecular weight excluding hydrogens is 232 g/mol. The maximum absolute atomic E-state index is 5.96. The SMILES string of the molecule is CC1CCC(CN)C(N(C)CCc2ccccc2)C1. The highest BCUT2D eigenvalue weighted by atomic mass is 15.1. The highest BCUT2D eigenvalue weighted by Crippen LogP contribution is 2.31. The first-order valence-electron chi connectivity index (χ1n) is 7.65. The quantitative estimate of drug-likeness (QED) is 0.882. The van der Waals surface area contributed by atoms with Gasteiger partial charge in [-0.05, 0) is 50.3 Å². The van der Waals surface area contributed by atoms with Crippen LogP contribution in [0, 0.1) is 11.8 Å². The van der Waals surface area contributed by atoms with Gasteiger partial charge in [0.1, 0.15) is 0 Å². The molecule has 2 heteroatoms. The van der Waals surface area contributed by atoms with Gasteiger partial charge < -0.3 is 10.6 Å². The number of rotatable bonds is 5. The molecule has 19 heavy (non-hydrogen) atoms. The van der Waals surface area contributed by atoms with Crippen LogP contribution in [0.3, 0.4) is 0 Å². The standard InChI is InChI=1S/C17H28N2/c1-14-8-9-16(13-18)17(12-14)19(2)11-10-15-6-4-3-5-7-15/h3-7,14,16-17H,8-13,18H2,1-2H3. The summed E-state index contributed by atoms with van der Waals surface area (Å²) in [6.45, 7) is 4.36. The highest BCUT2D eigenvalue weighted by Gasteiger charge is 2.30. The summed E-state index contributed by atoms with van der Waals surface area (Å²) in [4.78, 5) is 2.54. The molecule has 3 atom stereocenters. The van der Waals surface area contributed by atoms with Gasteiger partial charge in [0.2, 0.25) is 0 Å². The Bertz CT molecular complexity index is 363. The van der Waals surface area contributed by atoms with Crippen LogP contribution >= 0.6 is 0 Å². The summed E-state index contributed by atoms with van der Waals surface area (Å²) in [5.41, 5.74) is 7.39. The predicted molar refractivity (Wildman–Crippen MR) is 82.1 cm³/mol. The Morgan fingerprint density at radius 2 is 1.95 bits per heavy atom. The zero-order valence-corrected chi connectivity index (χ0v) is 12.4. The molecule has 1 saturated carbocycles. The van der Waals surface area contributed by atoms with Gasteiger partial charge in [0.25, 0.3) is 0 Å². The van der Waals surface area contributed by atoms with Gasteiger partial charge in [-0.15, -0.1) is 0 Å². The lowest BCUT2D eigenvalue weighted by Crippen LogP contribution is -2.45. The van der Waals surface area contributed by atoms with Crippen LogP contribution in [0.2, 0.25) is 0 Å². The first-order valence-corrected chi connectivity index (χ1v) is 7.65. The molecule has 1 fully saturated rings. The maximum atomic E-state index is 5.96.